The Labute approximate surface area is 130 Å². The lowest BCUT2D eigenvalue weighted by Gasteiger charge is -2.53. The van der Waals surface area contributed by atoms with E-state index in [1.165, 1.54) is 0 Å². The minimum Gasteiger partial charge on any atom is -0.374 e. The van der Waals surface area contributed by atoms with Crippen molar-refractivity contribution in [2.45, 2.75) is 57.5 Å². The Hall–Kier alpha value is -0.460. The number of rotatable bonds is 2. The molecule has 0 heterocycles. The van der Waals surface area contributed by atoms with Crippen LogP contribution in [0.25, 0.3) is 0 Å². The highest BCUT2D eigenvalue weighted by Crippen LogP contribution is 2.91. The van der Waals surface area contributed by atoms with Crippen molar-refractivity contribution < 1.29 is 31.4 Å². The lowest BCUT2D eigenvalue weighted by atomic mass is 9.52. The van der Waals surface area contributed by atoms with Crippen molar-refractivity contribution in [3.63, 3.8) is 0 Å². The van der Waals surface area contributed by atoms with Gasteiger partial charge in [-0.15, -0.1) is 0 Å². The molecule has 4 saturated carbocycles. The van der Waals surface area contributed by atoms with Gasteiger partial charge in [0.1, 0.15) is 0 Å². The van der Waals surface area contributed by atoms with Crippen molar-refractivity contribution in [2.24, 2.45) is 40.4 Å². The minimum atomic E-state index is -5.69. The van der Waals surface area contributed by atoms with Gasteiger partial charge in [-0.2, -0.15) is 26.3 Å². The van der Waals surface area contributed by atoms with E-state index >= 15 is 0 Å². The zero-order valence-electron chi connectivity index (χ0n) is 12.9. The molecule has 0 saturated heterocycles. The molecule has 0 radical (unpaired) electrons. The average molecular weight is 342 g/mol. The van der Waals surface area contributed by atoms with Gasteiger partial charge in [0.05, 0.1) is 0 Å². The second kappa shape index (κ2) is 3.86. The molecule has 7 unspecified atom stereocenters. The molecule has 0 aromatic carbocycles. The monoisotopic (exact) mass is 342 g/mol. The van der Waals surface area contributed by atoms with Crippen LogP contribution in [0, 0.1) is 40.4 Å². The third kappa shape index (κ3) is 1.56. The summed E-state index contributed by atoms with van der Waals surface area (Å²) in [7, 11) is 0. The van der Waals surface area contributed by atoms with E-state index in [4.69, 9.17) is 0 Å². The van der Waals surface area contributed by atoms with E-state index in [1.807, 2.05) is 6.92 Å². The maximum absolute atomic E-state index is 13.0. The zero-order valence-corrected chi connectivity index (χ0v) is 12.9. The number of fused-ring (bicyclic) bond motifs is 1. The van der Waals surface area contributed by atoms with Crippen molar-refractivity contribution in [2.75, 3.05) is 0 Å². The van der Waals surface area contributed by atoms with Gasteiger partial charge in [-0.25, -0.2) is 0 Å². The molecule has 7 atom stereocenters. The Bertz CT molecular complexity index is 540. The highest BCUT2D eigenvalue weighted by molar-refractivity contribution is 5.33. The summed E-state index contributed by atoms with van der Waals surface area (Å²) in [6.07, 6.45) is -10.5. The summed E-state index contributed by atoms with van der Waals surface area (Å²) in [5, 5.41) is 9.56. The lowest BCUT2D eigenvalue weighted by Crippen LogP contribution is -2.58. The molecule has 4 aliphatic rings. The molecule has 0 amide bonds. The number of alkyl halides is 6. The van der Waals surface area contributed by atoms with Crippen LogP contribution in [-0.4, -0.2) is 23.1 Å². The van der Waals surface area contributed by atoms with E-state index < -0.39 is 30.3 Å². The molecule has 0 aromatic heterocycles. The van der Waals surface area contributed by atoms with Crippen molar-refractivity contribution in [3.05, 3.63) is 0 Å². The van der Waals surface area contributed by atoms with Gasteiger partial charge < -0.3 is 5.11 Å². The zero-order chi connectivity index (χ0) is 17.2. The molecule has 0 aromatic rings. The third-order valence-electron chi connectivity index (χ3n) is 7.88. The van der Waals surface area contributed by atoms with Crippen molar-refractivity contribution in [3.8, 4) is 0 Å². The van der Waals surface area contributed by atoms with Crippen LogP contribution in [0.15, 0.2) is 0 Å². The highest BCUT2D eigenvalue weighted by atomic mass is 19.4. The van der Waals surface area contributed by atoms with Gasteiger partial charge in [0, 0.05) is 0 Å². The summed E-state index contributed by atoms with van der Waals surface area (Å²) >= 11 is 0. The molecule has 1 nitrogen and oxygen atoms in total. The number of halogens is 6. The SMILES string of the molecule is CC1CC23CC(CC(O)(C(F)(F)F)C(F)(F)F)C4(C2)C(C)C4C13. The molecule has 0 aliphatic heterocycles. The topological polar surface area (TPSA) is 20.2 Å². The predicted molar refractivity (Wildman–Crippen MR) is 69.2 cm³/mol. The maximum atomic E-state index is 13.0. The van der Waals surface area contributed by atoms with Crippen molar-refractivity contribution in [1.82, 2.24) is 0 Å². The Balaban J connectivity index is 1.64. The maximum Gasteiger partial charge on any atom is 0.426 e. The Morgan fingerprint density at radius 3 is 2.00 bits per heavy atom. The minimum absolute atomic E-state index is 0.0423. The lowest BCUT2D eigenvalue weighted by molar-refractivity contribution is -0.374. The van der Waals surface area contributed by atoms with E-state index in [1.54, 1.807) is 0 Å². The van der Waals surface area contributed by atoms with Crippen LogP contribution < -0.4 is 0 Å². The van der Waals surface area contributed by atoms with Gasteiger partial charge in [-0.3, -0.25) is 0 Å². The standard InChI is InChI=1S/C16H20F6O/c1-7-3-12-4-9(13(6-12)8(2)11(13)10(7)12)5-14(23,15(17,18)19)16(20,21)22/h7-11,23H,3-6H2,1-2H3. The van der Waals surface area contributed by atoms with E-state index in [2.05, 4.69) is 6.92 Å². The molecule has 4 aliphatic carbocycles. The van der Waals surface area contributed by atoms with Gasteiger partial charge in [0.15, 0.2) is 0 Å². The molecular weight excluding hydrogens is 322 g/mol. The summed E-state index contributed by atoms with van der Waals surface area (Å²) < 4.78 is 78.1. The quantitative estimate of drug-likeness (QED) is 0.730. The number of hydrogen-bond donors (Lipinski definition) is 1. The van der Waals surface area contributed by atoms with Gasteiger partial charge >= 0.3 is 12.4 Å². The second-order valence-corrected chi connectivity index (χ2v) is 8.63. The van der Waals surface area contributed by atoms with Crippen LogP contribution in [-0.2, 0) is 0 Å². The van der Waals surface area contributed by atoms with E-state index in [0.29, 0.717) is 18.3 Å². The molecule has 2 spiro atoms. The summed E-state index contributed by atoms with van der Waals surface area (Å²) in [4.78, 5) is 0. The van der Waals surface area contributed by atoms with Crippen molar-refractivity contribution >= 4 is 0 Å². The van der Waals surface area contributed by atoms with Crippen LogP contribution >= 0.6 is 0 Å². The molecule has 4 fully saturated rings. The van der Waals surface area contributed by atoms with Gasteiger partial charge in [0.2, 0.25) is 0 Å². The normalized spacial score (nSPS) is 51.3. The van der Waals surface area contributed by atoms with Gasteiger partial charge in [-0.05, 0) is 66.1 Å². The number of aliphatic hydroxyl groups is 1. The molecule has 4 rings (SSSR count). The predicted octanol–water partition coefficient (Wildman–Crippen LogP) is 4.55. The van der Waals surface area contributed by atoms with Crippen LogP contribution in [0.4, 0.5) is 26.3 Å². The van der Waals surface area contributed by atoms with Crippen LogP contribution in [0.5, 0.6) is 0 Å². The van der Waals surface area contributed by atoms with Gasteiger partial charge in [0.25, 0.3) is 5.60 Å². The molecular formula is C16H20F6O. The molecule has 7 heteroatoms. The first-order chi connectivity index (χ1) is 10.3. The van der Waals surface area contributed by atoms with E-state index in [-0.39, 0.29) is 22.7 Å². The first-order valence-corrected chi connectivity index (χ1v) is 8.16. The highest BCUT2D eigenvalue weighted by Gasteiger charge is 2.86. The third-order valence-corrected chi connectivity index (χ3v) is 7.88. The fraction of sp³-hybridized carbons (Fsp3) is 1.00. The second-order valence-electron chi connectivity index (χ2n) is 8.63. The Morgan fingerprint density at radius 2 is 1.52 bits per heavy atom. The smallest absolute Gasteiger partial charge is 0.374 e. The Morgan fingerprint density at radius 1 is 0.957 bits per heavy atom. The summed E-state index contributed by atoms with van der Waals surface area (Å²) in [6.45, 7) is 4.09. The van der Waals surface area contributed by atoms with E-state index in [0.717, 1.165) is 12.8 Å². The van der Waals surface area contributed by atoms with Crippen LogP contribution in [0.3, 0.4) is 0 Å². The van der Waals surface area contributed by atoms with Crippen molar-refractivity contribution in [1.29, 1.82) is 0 Å². The molecule has 1 N–H and O–H groups in total. The fourth-order valence-corrected chi connectivity index (χ4v) is 7.27. The first kappa shape index (κ1) is 16.0. The summed E-state index contributed by atoms with van der Waals surface area (Å²) in [5.74, 6) is 0.757. The molecule has 2 bridgehead atoms. The molecule has 23 heavy (non-hydrogen) atoms. The molecule has 132 valence electrons. The Kier molecular flexibility index (Phi) is 2.69. The fourth-order valence-electron chi connectivity index (χ4n) is 7.27. The van der Waals surface area contributed by atoms with Gasteiger partial charge in [-0.1, -0.05) is 13.8 Å². The van der Waals surface area contributed by atoms with Crippen LogP contribution in [0.1, 0.15) is 39.5 Å². The summed E-state index contributed by atoms with van der Waals surface area (Å²) in [5.41, 5.74) is -5.02. The van der Waals surface area contributed by atoms with E-state index in [9.17, 15) is 31.4 Å². The summed E-state index contributed by atoms with van der Waals surface area (Å²) in [6, 6.07) is 0. The first-order valence-electron chi connectivity index (χ1n) is 8.16. The average Bonchev–Trinajstić information content (AvgIpc) is 2.72. The largest absolute Gasteiger partial charge is 0.426 e. The van der Waals surface area contributed by atoms with Crippen LogP contribution in [0.2, 0.25) is 0 Å². The number of hydrogen-bond acceptors (Lipinski definition) is 1.